The van der Waals surface area contributed by atoms with E-state index in [2.05, 4.69) is 0 Å². The Hall–Kier alpha value is -1.42. The Morgan fingerprint density at radius 1 is 1.26 bits per heavy atom. The van der Waals surface area contributed by atoms with Crippen LogP contribution >= 0.6 is 0 Å². The molecule has 102 valence electrons. The van der Waals surface area contributed by atoms with Crippen molar-refractivity contribution in [2.24, 2.45) is 0 Å². The van der Waals surface area contributed by atoms with Gasteiger partial charge in [-0.3, -0.25) is 4.79 Å². The number of rotatable bonds is 2. The van der Waals surface area contributed by atoms with Gasteiger partial charge >= 0.3 is 0 Å². The first-order valence-corrected chi connectivity index (χ1v) is 6.88. The smallest absolute Gasteiger partial charge is 0.227 e. The van der Waals surface area contributed by atoms with Crippen LogP contribution in [-0.4, -0.2) is 34.1 Å². The lowest BCUT2D eigenvalue weighted by Crippen LogP contribution is -2.48. The molecule has 2 aliphatic rings. The third-order valence-corrected chi connectivity index (χ3v) is 4.30. The zero-order chi connectivity index (χ0) is 13.4. The molecule has 2 atom stereocenters. The zero-order valence-electron chi connectivity index (χ0n) is 10.8. The third kappa shape index (κ3) is 2.37. The van der Waals surface area contributed by atoms with Crippen LogP contribution in [0.4, 0.5) is 4.39 Å². The molecule has 2 aliphatic heterocycles. The lowest BCUT2D eigenvalue weighted by molar-refractivity contribution is -0.136. The lowest BCUT2D eigenvalue weighted by Gasteiger charge is -2.37. The van der Waals surface area contributed by atoms with Crippen LogP contribution in [0.5, 0.6) is 0 Å². The Bertz CT molecular complexity index is 477. The van der Waals surface area contributed by atoms with E-state index < -0.39 is 0 Å². The quantitative estimate of drug-likeness (QED) is 0.885. The molecule has 0 aromatic heterocycles. The summed E-state index contributed by atoms with van der Waals surface area (Å²) in [5.74, 6) is -0.329. The van der Waals surface area contributed by atoms with Crippen molar-refractivity contribution in [2.45, 2.75) is 50.3 Å². The summed E-state index contributed by atoms with van der Waals surface area (Å²) in [5, 5.41) is 9.73. The second-order valence-corrected chi connectivity index (χ2v) is 5.58. The Kier molecular flexibility index (Phi) is 3.27. The predicted molar refractivity (Wildman–Crippen MR) is 69.0 cm³/mol. The Balaban J connectivity index is 1.73. The van der Waals surface area contributed by atoms with Crippen molar-refractivity contribution < 1.29 is 14.3 Å². The van der Waals surface area contributed by atoms with E-state index in [1.54, 1.807) is 18.2 Å². The van der Waals surface area contributed by atoms with Crippen molar-refractivity contribution in [3.8, 4) is 0 Å². The fraction of sp³-hybridized carbons (Fsp3) is 0.533. The normalized spacial score (nSPS) is 29.6. The van der Waals surface area contributed by atoms with Gasteiger partial charge in [0, 0.05) is 12.1 Å². The van der Waals surface area contributed by atoms with Gasteiger partial charge in [-0.05, 0) is 37.3 Å². The SMILES string of the molecule is O=C(Cc1ccccc1F)N1C2CCC1CC(O)C2. The van der Waals surface area contributed by atoms with Crippen molar-refractivity contribution in [1.82, 2.24) is 4.90 Å². The van der Waals surface area contributed by atoms with Crippen molar-refractivity contribution in [2.75, 3.05) is 0 Å². The molecule has 0 aliphatic carbocycles. The summed E-state index contributed by atoms with van der Waals surface area (Å²) in [6, 6.07) is 6.72. The molecular weight excluding hydrogens is 245 g/mol. The molecule has 3 nitrogen and oxygen atoms in total. The van der Waals surface area contributed by atoms with Crippen molar-refractivity contribution >= 4 is 5.91 Å². The van der Waals surface area contributed by atoms with Gasteiger partial charge in [0.1, 0.15) is 5.82 Å². The molecule has 1 aromatic rings. The van der Waals surface area contributed by atoms with Crippen LogP contribution in [0.1, 0.15) is 31.2 Å². The number of carbonyl (C=O) groups is 1. The van der Waals surface area contributed by atoms with Crippen LogP contribution in [0, 0.1) is 5.82 Å². The highest BCUT2D eigenvalue weighted by atomic mass is 19.1. The summed E-state index contributed by atoms with van der Waals surface area (Å²) in [6.45, 7) is 0. The van der Waals surface area contributed by atoms with Crippen LogP contribution in [-0.2, 0) is 11.2 Å². The van der Waals surface area contributed by atoms with E-state index in [-0.39, 0.29) is 36.3 Å². The maximum atomic E-state index is 13.6. The third-order valence-electron chi connectivity index (χ3n) is 4.30. The Morgan fingerprint density at radius 3 is 2.53 bits per heavy atom. The molecule has 1 aromatic carbocycles. The van der Waals surface area contributed by atoms with Gasteiger partial charge in [0.05, 0.1) is 12.5 Å². The van der Waals surface area contributed by atoms with Gasteiger partial charge in [-0.1, -0.05) is 18.2 Å². The molecule has 1 amide bonds. The first-order chi connectivity index (χ1) is 9.15. The van der Waals surface area contributed by atoms with Crippen LogP contribution in [0.15, 0.2) is 24.3 Å². The maximum absolute atomic E-state index is 13.6. The number of fused-ring (bicyclic) bond motifs is 2. The fourth-order valence-electron chi connectivity index (χ4n) is 3.45. The van der Waals surface area contributed by atoms with E-state index in [9.17, 15) is 14.3 Å². The number of nitrogens with zero attached hydrogens (tertiary/aromatic N) is 1. The number of benzene rings is 1. The molecule has 0 spiro atoms. The van der Waals surface area contributed by atoms with Gasteiger partial charge in [0.15, 0.2) is 0 Å². The van der Waals surface area contributed by atoms with Crippen LogP contribution in [0.3, 0.4) is 0 Å². The Labute approximate surface area is 112 Å². The summed E-state index contributed by atoms with van der Waals surface area (Å²) < 4.78 is 13.6. The standard InChI is InChI=1S/C15H18FNO2/c16-14-4-2-1-3-10(14)7-15(19)17-11-5-6-12(17)9-13(18)8-11/h1-4,11-13,18H,5-9H2. The average molecular weight is 263 g/mol. The molecule has 1 N–H and O–H groups in total. The number of aliphatic hydroxyl groups excluding tert-OH is 1. The number of aliphatic hydroxyl groups is 1. The van der Waals surface area contributed by atoms with Gasteiger partial charge in [-0.25, -0.2) is 4.39 Å². The fourth-order valence-corrected chi connectivity index (χ4v) is 3.45. The van der Waals surface area contributed by atoms with Gasteiger partial charge in [-0.15, -0.1) is 0 Å². The molecule has 2 fully saturated rings. The highest BCUT2D eigenvalue weighted by molar-refractivity contribution is 5.80. The Morgan fingerprint density at radius 2 is 1.89 bits per heavy atom. The van der Waals surface area contributed by atoms with Crippen molar-refractivity contribution in [3.05, 3.63) is 35.6 Å². The molecular formula is C15H18FNO2. The largest absolute Gasteiger partial charge is 0.393 e. The molecule has 2 heterocycles. The minimum absolute atomic E-state index is 0.00972. The van der Waals surface area contributed by atoms with Gasteiger partial charge in [0.25, 0.3) is 0 Å². The molecule has 3 rings (SSSR count). The molecule has 4 heteroatoms. The molecule has 19 heavy (non-hydrogen) atoms. The number of amides is 1. The second-order valence-electron chi connectivity index (χ2n) is 5.58. The van der Waals surface area contributed by atoms with E-state index in [0.717, 1.165) is 12.8 Å². The molecule has 2 saturated heterocycles. The maximum Gasteiger partial charge on any atom is 0.227 e. The number of piperidine rings is 1. The molecule has 2 bridgehead atoms. The highest BCUT2D eigenvalue weighted by Gasteiger charge is 2.42. The highest BCUT2D eigenvalue weighted by Crippen LogP contribution is 2.36. The van der Waals surface area contributed by atoms with Crippen molar-refractivity contribution in [3.63, 3.8) is 0 Å². The minimum Gasteiger partial charge on any atom is -0.393 e. The number of carbonyl (C=O) groups excluding carboxylic acids is 1. The summed E-state index contributed by atoms with van der Waals surface area (Å²) in [7, 11) is 0. The summed E-state index contributed by atoms with van der Waals surface area (Å²) in [5.41, 5.74) is 0.457. The molecule has 0 radical (unpaired) electrons. The van der Waals surface area contributed by atoms with Gasteiger partial charge < -0.3 is 10.0 Å². The van der Waals surface area contributed by atoms with Gasteiger partial charge in [0.2, 0.25) is 5.91 Å². The summed E-state index contributed by atoms with van der Waals surface area (Å²) in [6.07, 6.45) is 3.10. The minimum atomic E-state index is -0.319. The molecule has 0 saturated carbocycles. The van der Waals surface area contributed by atoms with Crippen LogP contribution in [0.2, 0.25) is 0 Å². The first kappa shape index (κ1) is 12.6. The monoisotopic (exact) mass is 263 g/mol. The number of hydrogen-bond acceptors (Lipinski definition) is 2. The van der Waals surface area contributed by atoms with Gasteiger partial charge in [-0.2, -0.15) is 0 Å². The van der Waals surface area contributed by atoms with Crippen LogP contribution < -0.4 is 0 Å². The van der Waals surface area contributed by atoms with E-state index in [1.165, 1.54) is 6.07 Å². The van der Waals surface area contributed by atoms with Crippen molar-refractivity contribution in [1.29, 1.82) is 0 Å². The zero-order valence-corrected chi connectivity index (χ0v) is 10.8. The average Bonchev–Trinajstić information content (AvgIpc) is 2.65. The summed E-state index contributed by atoms with van der Waals surface area (Å²) >= 11 is 0. The predicted octanol–water partition coefficient (Wildman–Crippen LogP) is 1.88. The lowest BCUT2D eigenvalue weighted by atomic mass is 9.98. The number of hydrogen-bond donors (Lipinski definition) is 1. The van der Waals surface area contributed by atoms with Crippen LogP contribution in [0.25, 0.3) is 0 Å². The van der Waals surface area contributed by atoms with E-state index in [4.69, 9.17) is 0 Å². The van der Waals surface area contributed by atoms with E-state index >= 15 is 0 Å². The summed E-state index contributed by atoms with van der Waals surface area (Å²) in [4.78, 5) is 14.3. The molecule has 2 unspecified atom stereocenters. The first-order valence-electron chi connectivity index (χ1n) is 6.88. The van der Waals surface area contributed by atoms with E-state index in [0.29, 0.717) is 18.4 Å². The topological polar surface area (TPSA) is 40.5 Å². The number of halogens is 1. The van der Waals surface area contributed by atoms with E-state index in [1.807, 2.05) is 4.90 Å². The second kappa shape index (κ2) is 4.93.